The quantitative estimate of drug-likeness (QED) is 0.750. The second-order valence-electron chi connectivity index (χ2n) is 5.09. The number of hydrogen-bond donors (Lipinski definition) is 2. The normalized spacial score (nSPS) is 12.3. The van der Waals surface area contributed by atoms with Crippen molar-refractivity contribution in [3.8, 4) is 11.1 Å². The summed E-state index contributed by atoms with van der Waals surface area (Å²) in [5, 5.41) is 12.2. The van der Waals surface area contributed by atoms with Crippen LogP contribution in [0, 0.1) is 0 Å². The van der Waals surface area contributed by atoms with E-state index in [1.807, 2.05) is 6.07 Å². The molecule has 2 aromatic rings. The molecular formula is C18H23NO. The van der Waals surface area contributed by atoms with E-state index in [9.17, 15) is 0 Å². The number of hydrogen-bond acceptors (Lipinski definition) is 2. The third-order valence-electron chi connectivity index (χ3n) is 3.55. The lowest BCUT2D eigenvalue weighted by molar-refractivity contribution is 0.283. The molecule has 0 radical (unpaired) electrons. The van der Waals surface area contributed by atoms with E-state index in [1.165, 1.54) is 16.7 Å². The number of aliphatic hydroxyl groups is 1. The van der Waals surface area contributed by atoms with Gasteiger partial charge in [0.15, 0.2) is 0 Å². The maximum atomic E-state index is 8.76. The van der Waals surface area contributed by atoms with Gasteiger partial charge < -0.3 is 10.4 Å². The average Bonchev–Trinajstić information content (AvgIpc) is 2.52. The van der Waals surface area contributed by atoms with Crippen LogP contribution in [0.25, 0.3) is 11.1 Å². The van der Waals surface area contributed by atoms with Gasteiger partial charge in [0.05, 0.1) is 0 Å². The molecule has 0 amide bonds. The van der Waals surface area contributed by atoms with Crippen molar-refractivity contribution < 1.29 is 5.11 Å². The molecule has 0 fully saturated rings. The second kappa shape index (κ2) is 7.83. The van der Waals surface area contributed by atoms with Crippen LogP contribution in [0.4, 0.5) is 0 Å². The molecule has 106 valence electrons. The number of unbranched alkanes of at least 4 members (excludes halogenated alkanes) is 1. The summed E-state index contributed by atoms with van der Waals surface area (Å²) in [5.74, 6) is 0. The molecule has 0 saturated heterocycles. The molecule has 2 aromatic carbocycles. The zero-order chi connectivity index (χ0) is 14.2. The lowest BCUT2D eigenvalue weighted by atomic mass is 10.0. The first kappa shape index (κ1) is 14.8. The van der Waals surface area contributed by atoms with Gasteiger partial charge >= 0.3 is 0 Å². The van der Waals surface area contributed by atoms with Gasteiger partial charge in [-0.15, -0.1) is 0 Å². The fraction of sp³-hybridized carbons (Fsp3) is 0.333. The highest BCUT2D eigenvalue weighted by Gasteiger charge is 2.04. The first-order valence-corrected chi connectivity index (χ1v) is 7.31. The molecular weight excluding hydrogens is 246 g/mol. The van der Waals surface area contributed by atoms with Crippen LogP contribution in [0.5, 0.6) is 0 Å². The van der Waals surface area contributed by atoms with Crippen molar-refractivity contribution in [3.63, 3.8) is 0 Å². The van der Waals surface area contributed by atoms with Crippen LogP contribution >= 0.6 is 0 Å². The lowest BCUT2D eigenvalue weighted by Gasteiger charge is -2.14. The van der Waals surface area contributed by atoms with E-state index in [0.29, 0.717) is 6.04 Å². The fourth-order valence-corrected chi connectivity index (χ4v) is 2.27. The van der Waals surface area contributed by atoms with Gasteiger partial charge in [0.2, 0.25) is 0 Å². The highest BCUT2D eigenvalue weighted by Crippen LogP contribution is 2.21. The Hall–Kier alpha value is -1.64. The van der Waals surface area contributed by atoms with Gasteiger partial charge in [0.1, 0.15) is 0 Å². The molecule has 0 saturated carbocycles. The molecule has 1 unspecified atom stereocenters. The van der Waals surface area contributed by atoms with Gasteiger partial charge in [-0.05, 0) is 43.0 Å². The maximum Gasteiger partial charge on any atom is 0.0431 e. The van der Waals surface area contributed by atoms with E-state index in [4.69, 9.17) is 5.11 Å². The molecule has 0 aliphatic rings. The molecule has 0 spiro atoms. The van der Waals surface area contributed by atoms with E-state index in [1.54, 1.807) is 0 Å². The Balaban J connectivity index is 1.94. The Morgan fingerprint density at radius 2 is 1.55 bits per heavy atom. The van der Waals surface area contributed by atoms with Crippen molar-refractivity contribution in [3.05, 3.63) is 60.2 Å². The third kappa shape index (κ3) is 4.19. The Bertz CT molecular complexity index is 493. The van der Waals surface area contributed by atoms with Crippen LogP contribution in [0.2, 0.25) is 0 Å². The highest BCUT2D eigenvalue weighted by molar-refractivity contribution is 5.63. The molecule has 2 heteroatoms. The summed E-state index contributed by atoms with van der Waals surface area (Å²) in [7, 11) is 0. The lowest BCUT2D eigenvalue weighted by Crippen LogP contribution is -2.19. The first-order valence-electron chi connectivity index (χ1n) is 7.31. The van der Waals surface area contributed by atoms with Crippen LogP contribution in [-0.2, 0) is 0 Å². The minimum atomic E-state index is 0.280. The van der Waals surface area contributed by atoms with E-state index in [0.717, 1.165) is 19.4 Å². The summed E-state index contributed by atoms with van der Waals surface area (Å²) in [6.45, 7) is 3.40. The summed E-state index contributed by atoms with van der Waals surface area (Å²) < 4.78 is 0. The van der Waals surface area contributed by atoms with Crippen molar-refractivity contribution in [2.75, 3.05) is 13.2 Å². The zero-order valence-corrected chi connectivity index (χ0v) is 12.0. The Labute approximate surface area is 121 Å². The molecule has 0 aliphatic heterocycles. The van der Waals surface area contributed by atoms with Crippen LogP contribution in [-0.4, -0.2) is 18.3 Å². The summed E-state index contributed by atoms with van der Waals surface area (Å²) in [5.41, 5.74) is 3.80. The van der Waals surface area contributed by atoms with Gasteiger partial charge in [-0.3, -0.25) is 0 Å². The minimum Gasteiger partial charge on any atom is -0.396 e. The standard InChI is InChI=1S/C18H23NO/c1-15(19-13-5-6-14-20)16-9-11-18(12-10-16)17-7-3-2-4-8-17/h2-4,7-12,15,19-20H,5-6,13-14H2,1H3. The molecule has 2 rings (SSSR count). The van der Waals surface area contributed by atoms with Crippen molar-refractivity contribution >= 4 is 0 Å². The highest BCUT2D eigenvalue weighted by atomic mass is 16.2. The molecule has 0 bridgehead atoms. The average molecular weight is 269 g/mol. The summed E-state index contributed by atoms with van der Waals surface area (Å²) in [6.07, 6.45) is 1.88. The van der Waals surface area contributed by atoms with Gasteiger partial charge in [-0.25, -0.2) is 0 Å². The maximum absolute atomic E-state index is 8.76. The number of nitrogens with one attached hydrogen (secondary N) is 1. The fourth-order valence-electron chi connectivity index (χ4n) is 2.27. The predicted octanol–water partition coefficient (Wildman–Crippen LogP) is 3.78. The van der Waals surface area contributed by atoms with E-state index in [-0.39, 0.29) is 6.61 Å². The largest absolute Gasteiger partial charge is 0.396 e. The van der Waals surface area contributed by atoms with Crippen LogP contribution < -0.4 is 5.32 Å². The SMILES string of the molecule is CC(NCCCCO)c1ccc(-c2ccccc2)cc1. The summed E-state index contributed by atoms with van der Waals surface area (Å²) >= 11 is 0. The third-order valence-corrected chi connectivity index (χ3v) is 3.55. The van der Waals surface area contributed by atoms with Crippen LogP contribution in [0.3, 0.4) is 0 Å². The van der Waals surface area contributed by atoms with E-state index < -0.39 is 0 Å². The minimum absolute atomic E-state index is 0.280. The Morgan fingerprint density at radius 3 is 2.20 bits per heavy atom. The van der Waals surface area contributed by atoms with Crippen LogP contribution in [0.1, 0.15) is 31.4 Å². The first-order chi connectivity index (χ1) is 9.81. The van der Waals surface area contributed by atoms with Crippen molar-refractivity contribution in [1.82, 2.24) is 5.32 Å². The summed E-state index contributed by atoms with van der Waals surface area (Å²) in [6, 6.07) is 19.5. The Morgan fingerprint density at radius 1 is 0.900 bits per heavy atom. The number of aliphatic hydroxyl groups excluding tert-OH is 1. The smallest absolute Gasteiger partial charge is 0.0431 e. The Kier molecular flexibility index (Phi) is 5.78. The molecule has 0 heterocycles. The molecule has 0 aliphatic carbocycles. The van der Waals surface area contributed by atoms with Gasteiger partial charge in [0.25, 0.3) is 0 Å². The second-order valence-corrected chi connectivity index (χ2v) is 5.09. The van der Waals surface area contributed by atoms with Gasteiger partial charge in [0, 0.05) is 12.6 Å². The topological polar surface area (TPSA) is 32.3 Å². The van der Waals surface area contributed by atoms with Crippen LogP contribution in [0.15, 0.2) is 54.6 Å². The molecule has 0 aromatic heterocycles. The summed E-state index contributed by atoms with van der Waals surface area (Å²) in [4.78, 5) is 0. The van der Waals surface area contributed by atoms with Crippen molar-refractivity contribution in [2.24, 2.45) is 0 Å². The number of rotatable bonds is 7. The molecule has 2 nitrogen and oxygen atoms in total. The van der Waals surface area contributed by atoms with Gasteiger partial charge in [-0.1, -0.05) is 54.6 Å². The monoisotopic (exact) mass is 269 g/mol. The zero-order valence-electron chi connectivity index (χ0n) is 12.0. The molecule has 2 N–H and O–H groups in total. The van der Waals surface area contributed by atoms with Crippen molar-refractivity contribution in [2.45, 2.75) is 25.8 Å². The van der Waals surface area contributed by atoms with E-state index >= 15 is 0 Å². The predicted molar refractivity (Wildman–Crippen MR) is 84.6 cm³/mol. The molecule has 20 heavy (non-hydrogen) atoms. The number of benzene rings is 2. The van der Waals surface area contributed by atoms with Gasteiger partial charge in [-0.2, -0.15) is 0 Å². The molecule has 1 atom stereocenters. The van der Waals surface area contributed by atoms with Crippen molar-refractivity contribution in [1.29, 1.82) is 0 Å². The van der Waals surface area contributed by atoms with E-state index in [2.05, 4.69) is 60.8 Å².